The fourth-order valence-electron chi connectivity index (χ4n) is 2.49. The van der Waals surface area contributed by atoms with Crippen molar-refractivity contribution in [1.82, 2.24) is 4.90 Å². The van der Waals surface area contributed by atoms with Crippen LogP contribution in [0.3, 0.4) is 0 Å². The van der Waals surface area contributed by atoms with Crippen LogP contribution in [-0.4, -0.2) is 18.0 Å². The summed E-state index contributed by atoms with van der Waals surface area (Å²) in [4.78, 5) is 13.3. The molecule has 1 atom stereocenters. The minimum Gasteiger partial charge on any atom is -0.323 e. The summed E-state index contributed by atoms with van der Waals surface area (Å²) in [6.07, 6.45) is 0. The van der Waals surface area contributed by atoms with Gasteiger partial charge < -0.3 is 16.0 Å². The van der Waals surface area contributed by atoms with Gasteiger partial charge in [0.05, 0.1) is 6.04 Å². The number of nitrogens with two attached hydrogens (primary N) is 1. The first-order valence-corrected chi connectivity index (χ1v) is 7.50. The summed E-state index contributed by atoms with van der Waals surface area (Å²) in [5.74, 6) is 0. The zero-order valence-corrected chi connectivity index (χ0v) is 13.2. The molecule has 0 spiro atoms. The highest BCUT2D eigenvalue weighted by molar-refractivity contribution is 9.10. The summed E-state index contributed by atoms with van der Waals surface area (Å²) in [6, 6.07) is 13.7. The van der Waals surface area contributed by atoms with Crippen LogP contribution in [0.2, 0.25) is 0 Å². The molecule has 0 radical (unpaired) electrons. The average Bonchev–Trinajstić information content (AvgIpc) is 2.47. The number of halogens is 1. The Labute approximate surface area is 132 Å². The molecule has 0 aliphatic carbocycles. The number of fused-ring (bicyclic) bond motifs is 1. The fourth-order valence-corrected chi connectivity index (χ4v) is 2.91. The van der Waals surface area contributed by atoms with Gasteiger partial charge in [-0.1, -0.05) is 40.2 Å². The lowest BCUT2D eigenvalue weighted by molar-refractivity contribution is 0.218. The first-order valence-electron chi connectivity index (χ1n) is 6.70. The lowest BCUT2D eigenvalue weighted by atomic mass is 9.96. The van der Waals surface area contributed by atoms with E-state index < -0.39 is 0 Å². The third kappa shape index (κ3) is 2.80. The molecule has 1 aliphatic rings. The maximum Gasteiger partial charge on any atom is 0.321 e. The molecule has 0 bridgehead atoms. The van der Waals surface area contributed by atoms with E-state index in [2.05, 4.69) is 27.3 Å². The molecule has 1 unspecified atom stereocenters. The van der Waals surface area contributed by atoms with Crippen molar-refractivity contribution in [1.29, 1.82) is 0 Å². The molecule has 1 aliphatic heterocycles. The third-order valence-corrected chi connectivity index (χ3v) is 4.19. The average molecular weight is 346 g/mol. The highest BCUT2D eigenvalue weighted by Gasteiger charge is 2.20. The summed E-state index contributed by atoms with van der Waals surface area (Å²) >= 11 is 3.47. The third-order valence-electron chi connectivity index (χ3n) is 3.69. The van der Waals surface area contributed by atoms with Crippen LogP contribution in [0.5, 0.6) is 0 Å². The normalized spacial score (nSPS) is 15.4. The number of urea groups is 1. The van der Waals surface area contributed by atoms with E-state index in [1.54, 1.807) is 11.9 Å². The van der Waals surface area contributed by atoms with Gasteiger partial charge in [0.2, 0.25) is 0 Å². The van der Waals surface area contributed by atoms with Gasteiger partial charge in [-0.25, -0.2) is 4.79 Å². The maximum atomic E-state index is 11.6. The van der Waals surface area contributed by atoms with Crippen molar-refractivity contribution in [2.45, 2.75) is 12.6 Å². The summed E-state index contributed by atoms with van der Waals surface area (Å²) in [7, 11) is 1.78. The first kappa shape index (κ1) is 14.1. The molecule has 2 aromatic rings. The Morgan fingerprint density at radius 2 is 2.00 bits per heavy atom. The lowest BCUT2D eigenvalue weighted by Crippen LogP contribution is -2.35. The zero-order chi connectivity index (χ0) is 15.0. The molecule has 2 aromatic carbocycles. The number of benzene rings is 2. The summed E-state index contributed by atoms with van der Waals surface area (Å²) < 4.78 is 1.01. The molecule has 2 amide bonds. The van der Waals surface area contributed by atoms with Crippen LogP contribution in [0.4, 0.5) is 10.5 Å². The van der Waals surface area contributed by atoms with Gasteiger partial charge in [-0.3, -0.25) is 0 Å². The second kappa shape index (κ2) is 5.50. The van der Waals surface area contributed by atoms with E-state index in [9.17, 15) is 4.79 Å². The van der Waals surface area contributed by atoms with Crippen molar-refractivity contribution in [2.24, 2.45) is 5.73 Å². The van der Waals surface area contributed by atoms with Crippen molar-refractivity contribution in [2.75, 3.05) is 12.4 Å². The van der Waals surface area contributed by atoms with E-state index >= 15 is 0 Å². The van der Waals surface area contributed by atoms with E-state index in [1.165, 1.54) is 0 Å². The molecule has 3 N–H and O–H groups in total. The van der Waals surface area contributed by atoms with E-state index in [-0.39, 0.29) is 12.1 Å². The predicted octanol–water partition coefficient (Wildman–Crippen LogP) is 3.47. The second-order valence-electron chi connectivity index (χ2n) is 5.24. The fraction of sp³-hybridized carbons (Fsp3) is 0.188. The van der Waals surface area contributed by atoms with E-state index in [0.717, 1.165) is 26.9 Å². The smallest absolute Gasteiger partial charge is 0.321 e. The van der Waals surface area contributed by atoms with Crippen LogP contribution in [0.1, 0.15) is 22.7 Å². The van der Waals surface area contributed by atoms with Crippen LogP contribution in [0.15, 0.2) is 46.9 Å². The summed E-state index contributed by atoms with van der Waals surface area (Å²) in [5, 5.41) is 2.86. The second-order valence-corrected chi connectivity index (χ2v) is 6.15. The van der Waals surface area contributed by atoms with Gasteiger partial charge in [-0.15, -0.1) is 0 Å². The highest BCUT2D eigenvalue weighted by atomic mass is 79.9. The van der Waals surface area contributed by atoms with Gasteiger partial charge >= 0.3 is 6.03 Å². The number of nitrogens with zero attached hydrogens (tertiary/aromatic N) is 1. The number of hydrogen-bond acceptors (Lipinski definition) is 2. The molecular formula is C16H16BrN3O. The molecule has 0 saturated carbocycles. The number of carbonyl (C=O) groups excluding carboxylic acids is 1. The van der Waals surface area contributed by atoms with Gasteiger partial charge in [0.1, 0.15) is 0 Å². The molecule has 5 heteroatoms. The van der Waals surface area contributed by atoms with Crippen molar-refractivity contribution in [3.8, 4) is 0 Å². The SMILES string of the molecule is CN1Cc2cc(C(N)c3cccc(Br)c3)ccc2NC1=O. The Morgan fingerprint density at radius 3 is 2.76 bits per heavy atom. The standard InChI is InChI=1S/C16H16BrN3O/c1-20-9-12-7-11(5-6-14(12)19-16(20)21)15(18)10-3-2-4-13(17)8-10/h2-8,15H,9,18H2,1H3,(H,19,21). The number of carbonyl (C=O) groups is 1. The van der Waals surface area contributed by atoms with Gasteiger partial charge in [0.25, 0.3) is 0 Å². The summed E-state index contributed by atoms with van der Waals surface area (Å²) in [6.45, 7) is 0.597. The van der Waals surface area contributed by atoms with Gasteiger partial charge in [0, 0.05) is 23.8 Å². The molecule has 0 fully saturated rings. The van der Waals surface area contributed by atoms with Crippen molar-refractivity contribution >= 4 is 27.6 Å². The molecule has 0 saturated heterocycles. The van der Waals surface area contributed by atoms with E-state index in [4.69, 9.17) is 5.73 Å². The Morgan fingerprint density at radius 1 is 1.24 bits per heavy atom. The van der Waals surface area contributed by atoms with Crippen LogP contribution in [0.25, 0.3) is 0 Å². The predicted molar refractivity (Wildman–Crippen MR) is 87.1 cm³/mol. The number of rotatable bonds is 2. The molecular weight excluding hydrogens is 330 g/mol. The van der Waals surface area contributed by atoms with Crippen molar-refractivity contribution < 1.29 is 4.79 Å². The maximum absolute atomic E-state index is 11.6. The lowest BCUT2D eigenvalue weighted by Gasteiger charge is -2.27. The van der Waals surface area contributed by atoms with Crippen LogP contribution < -0.4 is 11.1 Å². The molecule has 21 heavy (non-hydrogen) atoms. The first-order chi connectivity index (χ1) is 10.0. The van der Waals surface area contributed by atoms with Gasteiger partial charge in [-0.05, 0) is 34.9 Å². The Kier molecular flexibility index (Phi) is 3.69. The number of anilines is 1. The molecule has 108 valence electrons. The largest absolute Gasteiger partial charge is 0.323 e. The minimum absolute atomic E-state index is 0.0773. The van der Waals surface area contributed by atoms with E-state index in [1.807, 2.05) is 36.4 Å². The number of hydrogen-bond donors (Lipinski definition) is 2. The molecule has 4 nitrogen and oxygen atoms in total. The van der Waals surface area contributed by atoms with Gasteiger partial charge in [-0.2, -0.15) is 0 Å². The summed E-state index contributed by atoms with van der Waals surface area (Å²) in [5.41, 5.74) is 10.4. The Hall–Kier alpha value is -1.85. The highest BCUT2D eigenvalue weighted by Crippen LogP contribution is 2.28. The van der Waals surface area contributed by atoms with E-state index in [0.29, 0.717) is 6.54 Å². The van der Waals surface area contributed by atoms with Crippen LogP contribution in [-0.2, 0) is 6.54 Å². The topological polar surface area (TPSA) is 58.4 Å². The molecule has 0 aromatic heterocycles. The number of amides is 2. The molecule has 1 heterocycles. The van der Waals surface area contributed by atoms with Gasteiger partial charge in [0.15, 0.2) is 0 Å². The zero-order valence-electron chi connectivity index (χ0n) is 11.6. The number of nitrogens with one attached hydrogen (secondary N) is 1. The molecule has 3 rings (SSSR count). The minimum atomic E-state index is -0.185. The quantitative estimate of drug-likeness (QED) is 0.875. The van der Waals surface area contributed by atoms with Crippen molar-refractivity contribution in [3.63, 3.8) is 0 Å². The van der Waals surface area contributed by atoms with Crippen LogP contribution in [0, 0.1) is 0 Å². The van der Waals surface area contributed by atoms with Crippen LogP contribution >= 0.6 is 15.9 Å². The monoisotopic (exact) mass is 345 g/mol. The Balaban J connectivity index is 1.93. The Bertz CT molecular complexity index is 702. The van der Waals surface area contributed by atoms with Crippen molar-refractivity contribution in [3.05, 3.63) is 63.6 Å².